The number of rotatable bonds is 2. The van der Waals surface area contributed by atoms with Crippen LogP contribution in [0.4, 0.5) is 5.69 Å². The Balaban J connectivity index is 1.79. The summed E-state index contributed by atoms with van der Waals surface area (Å²) < 4.78 is 23.2. The van der Waals surface area contributed by atoms with Gasteiger partial charge in [-0.15, -0.1) is 0 Å². The van der Waals surface area contributed by atoms with Crippen LogP contribution in [0.2, 0.25) is 10.0 Å². The van der Waals surface area contributed by atoms with Gasteiger partial charge in [0.2, 0.25) is 10.0 Å². The highest BCUT2D eigenvalue weighted by Crippen LogP contribution is 2.35. The normalized spacial score (nSPS) is 14.0. The fourth-order valence-electron chi connectivity index (χ4n) is 3.16. The monoisotopic (exact) mass is 409 g/mol. The summed E-state index contributed by atoms with van der Waals surface area (Å²) in [6.07, 6.45) is 0.621. The quantitative estimate of drug-likeness (QED) is 0.678. The number of primary sulfonamides is 1. The van der Waals surface area contributed by atoms with Crippen LogP contribution in [0.25, 0.3) is 10.9 Å². The summed E-state index contributed by atoms with van der Waals surface area (Å²) in [5.41, 5.74) is 2.33. The van der Waals surface area contributed by atoms with Gasteiger partial charge < -0.3 is 9.88 Å². The van der Waals surface area contributed by atoms with Crippen LogP contribution >= 0.6 is 23.2 Å². The largest absolute Gasteiger partial charge is 0.349 e. The molecule has 4 rings (SSSR count). The molecule has 1 aromatic heterocycles. The van der Waals surface area contributed by atoms with Crippen molar-refractivity contribution < 1.29 is 13.2 Å². The van der Waals surface area contributed by atoms with Crippen LogP contribution in [-0.4, -0.2) is 25.9 Å². The van der Waals surface area contributed by atoms with Gasteiger partial charge in [0.25, 0.3) is 5.91 Å². The first-order valence-electron chi connectivity index (χ1n) is 7.70. The number of nitrogens with one attached hydrogen (secondary N) is 1. The molecule has 0 atom stereocenters. The van der Waals surface area contributed by atoms with Crippen LogP contribution in [0.15, 0.2) is 41.3 Å². The number of aromatic nitrogens is 1. The van der Waals surface area contributed by atoms with Crippen LogP contribution in [0, 0.1) is 0 Å². The lowest BCUT2D eigenvalue weighted by atomic mass is 10.2. The Morgan fingerprint density at radius 2 is 1.92 bits per heavy atom. The van der Waals surface area contributed by atoms with Gasteiger partial charge in [-0.3, -0.25) is 4.79 Å². The molecule has 1 aliphatic heterocycles. The van der Waals surface area contributed by atoms with Gasteiger partial charge in [-0.25, -0.2) is 13.6 Å². The van der Waals surface area contributed by atoms with E-state index >= 15 is 0 Å². The average molecular weight is 410 g/mol. The predicted molar refractivity (Wildman–Crippen MR) is 102 cm³/mol. The zero-order chi connectivity index (χ0) is 18.6. The first kappa shape index (κ1) is 17.4. The van der Waals surface area contributed by atoms with E-state index in [-0.39, 0.29) is 21.5 Å². The number of halogens is 2. The molecule has 2 aromatic carbocycles. The fraction of sp³-hybridized carbons (Fsp3) is 0.118. The van der Waals surface area contributed by atoms with Crippen LogP contribution in [0.1, 0.15) is 16.1 Å². The lowest BCUT2D eigenvalue weighted by molar-refractivity contribution is 0.0985. The third kappa shape index (κ3) is 2.77. The van der Waals surface area contributed by atoms with Gasteiger partial charge in [0, 0.05) is 28.2 Å². The number of fused-ring (bicyclic) bond motifs is 2. The first-order chi connectivity index (χ1) is 12.3. The Hall–Kier alpha value is -2.06. The number of nitrogens with two attached hydrogens (primary N) is 1. The van der Waals surface area contributed by atoms with E-state index in [0.717, 1.165) is 5.56 Å². The first-order valence-corrected chi connectivity index (χ1v) is 10.0. The molecule has 0 fully saturated rings. The number of hydrogen-bond donors (Lipinski definition) is 2. The maximum absolute atomic E-state index is 13.0. The Labute approximate surface area is 159 Å². The molecule has 0 aliphatic carbocycles. The zero-order valence-corrected chi connectivity index (χ0v) is 15.6. The molecule has 0 spiro atoms. The van der Waals surface area contributed by atoms with E-state index in [1.807, 2.05) is 0 Å². The second kappa shape index (κ2) is 5.99. The molecular formula is C17H13Cl2N3O3S. The van der Waals surface area contributed by atoms with Crippen molar-refractivity contribution in [3.05, 3.63) is 57.7 Å². The molecule has 134 valence electrons. The zero-order valence-electron chi connectivity index (χ0n) is 13.3. The Bertz CT molecular complexity index is 1170. The molecule has 0 radical (unpaired) electrons. The molecule has 1 aliphatic rings. The second-order valence-corrected chi connectivity index (χ2v) is 8.42. The van der Waals surface area contributed by atoms with E-state index < -0.39 is 10.0 Å². The molecule has 26 heavy (non-hydrogen) atoms. The molecule has 3 aromatic rings. The highest BCUT2D eigenvalue weighted by Gasteiger charge is 2.29. The second-order valence-electron chi connectivity index (χ2n) is 6.05. The van der Waals surface area contributed by atoms with Gasteiger partial charge in [-0.2, -0.15) is 0 Å². The standard InChI is InChI=1S/C17H13Cl2N3O3S/c18-10-2-4-13-12(7-10)15(19)16(21-13)17(23)22-6-5-9-1-3-11(8-14(9)22)26(20,24)25/h1-4,7-8,21H,5-6H2,(H2,20,24,25). The average Bonchev–Trinajstić information content (AvgIpc) is 3.15. The Morgan fingerprint density at radius 3 is 2.65 bits per heavy atom. The molecule has 2 heterocycles. The van der Waals surface area contributed by atoms with E-state index in [9.17, 15) is 13.2 Å². The van der Waals surface area contributed by atoms with Crippen LogP contribution < -0.4 is 10.0 Å². The minimum atomic E-state index is -3.86. The third-order valence-electron chi connectivity index (χ3n) is 4.44. The van der Waals surface area contributed by atoms with Crippen LogP contribution in [0.5, 0.6) is 0 Å². The molecule has 0 saturated carbocycles. The van der Waals surface area contributed by atoms with Crippen molar-refractivity contribution in [2.45, 2.75) is 11.3 Å². The molecule has 3 N–H and O–H groups in total. The third-order valence-corrected chi connectivity index (χ3v) is 5.98. The van der Waals surface area contributed by atoms with Crippen molar-refractivity contribution >= 4 is 55.7 Å². The van der Waals surface area contributed by atoms with Crippen molar-refractivity contribution in [2.24, 2.45) is 5.14 Å². The van der Waals surface area contributed by atoms with E-state index in [4.69, 9.17) is 28.3 Å². The van der Waals surface area contributed by atoms with Gasteiger partial charge >= 0.3 is 0 Å². The number of nitrogens with zero attached hydrogens (tertiary/aromatic N) is 1. The number of sulfonamides is 1. The van der Waals surface area contributed by atoms with Crippen molar-refractivity contribution in [1.82, 2.24) is 4.98 Å². The topological polar surface area (TPSA) is 96.3 Å². The maximum Gasteiger partial charge on any atom is 0.276 e. The van der Waals surface area contributed by atoms with Gasteiger partial charge in [0.15, 0.2) is 0 Å². The highest BCUT2D eigenvalue weighted by molar-refractivity contribution is 7.89. The molecule has 0 unspecified atom stereocenters. The Kier molecular flexibility index (Phi) is 4.00. The number of amides is 1. The van der Waals surface area contributed by atoms with E-state index in [1.54, 1.807) is 24.3 Å². The molecule has 0 bridgehead atoms. The summed E-state index contributed by atoms with van der Waals surface area (Å²) in [6, 6.07) is 9.67. The van der Waals surface area contributed by atoms with Gasteiger partial charge in [0.05, 0.1) is 9.92 Å². The predicted octanol–water partition coefficient (Wildman–Crippen LogP) is 3.33. The summed E-state index contributed by atoms with van der Waals surface area (Å²) in [5.74, 6) is -0.340. The highest BCUT2D eigenvalue weighted by atomic mass is 35.5. The number of H-pyrrole nitrogens is 1. The van der Waals surface area contributed by atoms with Crippen molar-refractivity contribution in [1.29, 1.82) is 0 Å². The smallest absolute Gasteiger partial charge is 0.276 e. The van der Waals surface area contributed by atoms with Crippen LogP contribution in [-0.2, 0) is 16.4 Å². The van der Waals surface area contributed by atoms with E-state index in [2.05, 4.69) is 4.98 Å². The van der Waals surface area contributed by atoms with Crippen molar-refractivity contribution in [3.8, 4) is 0 Å². The van der Waals surface area contributed by atoms with Gasteiger partial charge in [0.1, 0.15) is 5.69 Å². The minimum absolute atomic E-state index is 0.0366. The number of carbonyl (C=O) groups is 1. The fourth-order valence-corrected chi connectivity index (χ4v) is 4.15. The molecule has 1 amide bonds. The summed E-state index contributed by atoms with van der Waals surface area (Å²) in [4.78, 5) is 17.5. The summed E-state index contributed by atoms with van der Waals surface area (Å²) in [5, 5.41) is 6.65. The van der Waals surface area contributed by atoms with Crippen LogP contribution in [0.3, 0.4) is 0 Å². The summed E-state index contributed by atoms with van der Waals surface area (Å²) >= 11 is 12.4. The number of benzene rings is 2. The molecule has 9 heteroatoms. The van der Waals surface area contributed by atoms with E-state index in [0.29, 0.717) is 34.6 Å². The van der Waals surface area contributed by atoms with E-state index in [1.165, 1.54) is 17.0 Å². The lowest BCUT2D eigenvalue weighted by Gasteiger charge is -2.17. The summed E-state index contributed by atoms with van der Waals surface area (Å²) in [6.45, 7) is 0.425. The number of anilines is 1. The summed E-state index contributed by atoms with van der Waals surface area (Å²) in [7, 11) is -3.86. The maximum atomic E-state index is 13.0. The molecular weight excluding hydrogens is 397 g/mol. The number of hydrogen-bond acceptors (Lipinski definition) is 3. The van der Waals surface area contributed by atoms with Crippen molar-refractivity contribution in [2.75, 3.05) is 11.4 Å². The lowest BCUT2D eigenvalue weighted by Crippen LogP contribution is -2.29. The SMILES string of the molecule is NS(=O)(=O)c1ccc2c(c1)N(C(=O)c1[nH]c3ccc(Cl)cc3c1Cl)CC2. The van der Waals surface area contributed by atoms with Gasteiger partial charge in [-0.05, 0) is 42.3 Å². The molecule has 6 nitrogen and oxygen atoms in total. The Morgan fingerprint density at radius 1 is 1.15 bits per heavy atom. The minimum Gasteiger partial charge on any atom is -0.349 e. The van der Waals surface area contributed by atoms with Gasteiger partial charge in [-0.1, -0.05) is 29.3 Å². The van der Waals surface area contributed by atoms with Crippen molar-refractivity contribution in [3.63, 3.8) is 0 Å². The molecule has 0 saturated heterocycles. The number of aromatic amines is 1. The number of carbonyl (C=O) groups excluding carboxylic acids is 1.